The van der Waals surface area contributed by atoms with Gasteiger partial charge in [-0.2, -0.15) is 0 Å². The predicted octanol–water partition coefficient (Wildman–Crippen LogP) is 0.738. The van der Waals surface area contributed by atoms with E-state index in [1.807, 2.05) is 0 Å². The van der Waals surface area contributed by atoms with Crippen LogP contribution in [0.25, 0.3) is 0 Å². The van der Waals surface area contributed by atoms with Gasteiger partial charge < -0.3 is 10.6 Å². The summed E-state index contributed by atoms with van der Waals surface area (Å²) in [6.07, 6.45) is 2.62. The standard InChI is InChI=1S/C8H18N2/c1-3-10-8(2)5-4-6-9-7-8/h9-10H,3-7H2,1-2H3. The Bertz CT molecular complexity index is 89.9. The van der Waals surface area contributed by atoms with Gasteiger partial charge in [0.2, 0.25) is 0 Å². The molecule has 0 bridgehead atoms. The second-order valence-corrected chi connectivity index (χ2v) is 3.37. The second kappa shape index (κ2) is 3.35. The number of hydrogen-bond acceptors (Lipinski definition) is 2. The van der Waals surface area contributed by atoms with Crippen molar-refractivity contribution in [3.63, 3.8) is 0 Å². The van der Waals surface area contributed by atoms with E-state index in [1.54, 1.807) is 0 Å². The van der Waals surface area contributed by atoms with Crippen molar-refractivity contribution in [2.24, 2.45) is 0 Å². The predicted molar refractivity (Wildman–Crippen MR) is 44.2 cm³/mol. The van der Waals surface area contributed by atoms with E-state index in [1.165, 1.54) is 19.4 Å². The second-order valence-electron chi connectivity index (χ2n) is 3.37. The lowest BCUT2D eigenvalue weighted by Crippen LogP contribution is -2.53. The molecule has 1 unspecified atom stereocenters. The molecule has 60 valence electrons. The molecule has 1 saturated heterocycles. The van der Waals surface area contributed by atoms with Crippen LogP contribution in [0.4, 0.5) is 0 Å². The lowest BCUT2D eigenvalue weighted by molar-refractivity contribution is 0.277. The van der Waals surface area contributed by atoms with E-state index in [4.69, 9.17) is 0 Å². The lowest BCUT2D eigenvalue weighted by atomic mass is 9.92. The fraction of sp³-hybridized carbons (Fsp3) is 1.00. The summed E-state index contributed by atoms with van der Waals surface area (Å²) in [5, 5.41) is 6.90. The first-order valence-corrected chi connectivity index (χ1v) is 4.22. The Morgan fingerprint density at radius 1 is 1.60 bits per heavy atom. The van der Waals surface area contributed by atoms with Crippen LogP contribution in [0.15, 0.2) is 0 Å². The number of likely N-dealkylation sites (N-methyl/N-ethyl adjacent to an activating group) is 1. The third-order valence-electron chi connectivity index (χ3n) is 2.20. The SMILES string of the molecule is CCNC1(C)CCCNC1. The molecule has 0 aliphatic carbocycles. The Morgan fingerprint density at radius 3 is 2.90 bits per heavy atom. The van der Waals surface area contributed by atoms with Gasteiger partial charge in [0, 0.05) is 12.1 Å². The Labute approximate surface area is 63.4 Å². The van der Waals surface area contributed by atoms with Crippen molar-refractivity contribution in [2.45, 2.75) is 32.2 Å². The summed E-state index contributed by atoms with van der Waals surface area (Å²) in [7, 11) is 0. The van der Waals surface area contributed by atoms with Gasteiger partial charge in [-0.3, -0.25) is 0 Å². The van der Waals surface area contributed by atoms with E-state index in [-0.39, 0.29) is 0 Å². The third kappa shape index (κ3) is 1.96. The minimum atomic E-state index is 0.368. The molecule has 10 heavy (non-hydrogen) atoms. The molecule has 0 spiro atoms. The molecule has 0 saturated carbocycles. The van der Waals surface area contributed by atoms with Gasteiger partial charge in [0.05, 0.1) is 0 Å². The fourth-order valence-corrected chi connectivity index (χ4v) is 1.63. The maximum Gasteiger partial charge on any atom is 0.0278 e. The van der Waals surface area contributed by atoms with Crippen LogP contribution in [0, 0.1) is 0 Å². The number of hydrogen-bond donors (Lipinski definition) is 2. The van der Waals surface area contributed by atoms with Crippen LogP contribution < -0.4 is 10.6 Å². The number of piperidine rings is 1. The van der Waals surface area contributed by atoms with Crippen molar-refractivity contribution in [1.82, 2.24) is 10.6 Å². The van der Waals surface area contributed by atoms with Crippen LogP contribution in [0.3, 0.4) is 0 Å². The minimum Gasteiger partial charge on any atom is -0.315 e. The molecule has 1 aliphatic heterocycles. The molecule has 1 aliphatic rings. The highest BCUT2D eigenvalue weighted by Gasteiger charge is 2.24. The van der Waals surface area contributed by atoms with Crippen LogP contribution in [-0.2, 0) is 0 Å². The zero-order chi connectivity index (χ0) is 7.45. The first-order chi connectivity index (χ1) is 4.77. The molecule has 1 rings (SSSR count). The summed E-state index contributed by atoms with van der Waals surface area (Å²) in [5.74, 6) is 0. The Kier molecular flexibility index (Phi) is 2.69. The van der Waals surface area contributed by atoms with Crippen molar-refractivity contribution in [2.75, 3.05) is 19.6 Å². The van der Waals surface area contributed by atoms with Gasteiger partial charge in [0.25, 0.3) is 0 Å². The largest absolute Gasteiger partial charge is 0.315 e. The number of nitrogens with one attached hydrogen (secondary N) is 2. The van der Waals surface area contributed by atoms with Crippen molar-refractivity contribution < 1.29 is 0 Å². The highest BCUT2D eigenvalue weighted by atomic mass is 15.0. The van der Waals surface area contributed by atoms with E-state index < -0.39 is 0 Å². The summed E-state index contributed by atoms with van der Waals surface area (Å²) in [4.78, 5) is 0. The first-order valence-electron chi connectivity index (χ1n) is 4.22. The molecule has 2 N–H and O–H groups in total. The third-order valence-corrected chi connectivity index (χ3v) is 2.20. The molecule has 0 aromatic carbocycles. The van der Waals surface area contributed by atoms with Gasteiger partial charge in [-0.1, -0.05) is 6.92 Å². The fourth-order valence-electron chi connectivity index (χ4n) is 1.63. The molecular formula is C8H18N2. The molecule has 2 heteroatoms. The average molecular weight is 142 g/mol. The smallest absolute Gasteiger partial charge is 0.0278 e. The van der Waals surface area contributed by atoms with E-state index in [9.17, 15) is 0 Å². The zero-order valence-electron chi connectivity index (χ0n) is 7.04. The van der Waals surface area contributed by atoms with Crippen molar-refractivity contribution in [3.8, 4) is 0 Å². The zero-order valence-corrected chi connectivity index (χ0v) is 7.04. The van der Waals surface area contributed by atoms with Crippen LogP contribution in [0.2, 0.25) is 0 Å². The van der Waals surface area contributed by atoms with Gasteiger partial charge in [0.1, 0.15) is 0 Å². The molecular weight excluding hydrogens is 124 g/mol. The Morgan fingerprint density at radius 2 is 2.40 bits per heavy atom. The van der Waals surface area contributed by atoms with Crippen molar-refractivity contribution in [1.29, 1.82) is 0 Å². The molecule has 0 amide bonds. The van der Waals surface area contributed by atoms with Crippen LogP contribution in [-0.4, -0.2) is 25.2 Å². The Hall–Kier alpha value is -0.0800. The molecule has 0 radical (unpaired) electrons. The van der Waals surface area contributed by atoms with Crippen LogP contribution in [0.5, 0.6) is 0 Å². The molecule has 0 aromatic rings. The molecule has 2 nitrogen and oxygen atoms in total. The maximum atomic E-state index is 3.50. The maximum absolute atomic E-state index is 3.50. The molecule has 1 atom stereocenters. The first kappa shape index (κ1) is 8.02. The summed E-state index contributed by atoms with van der Waals surface area (Å²) in [5.41, 5.74) is 0.368. The highest BCUT2D eigenvalue weighted by Crippen LogP contribution is 2.13. The van der Waals surface area contributed by atoms with Crippen molar-refractivity contribution in [3.05, 3.63) is 0 Å². The van der Waals surface area contributed by atoms with Crippen LogP contribution >= 0.6 is 0 Å². The van der Waals surface area contributed by atoms with Gasteiger partial charge in [0.15, 0.2) is 0 Å². The lowest BCUT2D eigenvalue weighted by Gasteiger charge is -2.34. The van der Waals surface area contributed by atoms with Crippen molar-refractivity contribution >= 4 is 0 Å². The van der Waals surface area contributed by atoms with E-state index in [0.29, 0.717) is 5.54 Å². The quantitative estimate of drug-likeness (QED) is 0.594. The highest BCUT2D eigenvalue weighted by molar-refractivity contribution is 4.88. The van der Waals surface area contributed by atoms with Crippen LogP contribution in [0.1, 0.15) is 26.7 Å². The monoisotopic (exact) mass is 142 g/mol. The topological polar surface area (TPSA) is 24.1 Å². The summed E-state index contributed by atoms with van der Waals surface area (Å²) in [6, 6.07) is 0. The number of rotatable bonds is 2. The summed E-state index contributed by atoms with van der Waals surface area (Å²) in [6.45, 7) is 7.86. The molecule has 1 fully saturated rings. The van der Waals surface area contributed by atoms with Gasteiger partial charge >= 0.3 is 0 Å². The van der Waals surface area contributed by atoms with E-state index >= 15 is 0 Å². The summed E-state index contributed by atoms with van der Waals surface area (Å²) < 4.78 is 0. The Balaban J connectivity index is 2.32. The summed E-state index contributed by atoms with van der Waals surface area (Å²) >= 11 is 0. The minimum absolute atomic E-state index is 0.368. The average Bonchev–Trinajstić information content (AvgIpc) is 1.89. The van der Waals surface area contributed by atoms with Gasteiger partial charge in [-0.05, 0) is 32.9 Å². The van der Waals surface area contributed by atoms with E-state index in [2.05, 4.69) is 24.5 Å². The van der Waals surface area contributed by atoms with Gasteiger partial charge in [-0.15, -0.1) is 0 Å². The normalized spacial score (nSPS) is 34.2. The molecule has 1 heterocycles. The van der Waals surface area contributed by atoms with Gasteiger partial charge in [-0.25, -0.2) is 0 Å². The molecule has 0 aromatic heterocycles. The van der Waals surface area contributed by atoms with E-state index in [0.717, 1.165) is 13.1 Å².